The number of imidazole rings is 1. The largest absolute Gasteiger partial charge is 0.508 e. The number of rotatable bonds is 35. The molecule has 1 saturated heterocycles. The summed E-state index contributed by atoms with van der Waals surface area (Å²) < 4.78 is 110. The minimum Gasteiger partial charge on any atom is -0.508 e. The summed E-state index contributed by atoms with van der Waals surface area (Å²) >= 11 is 0. The number of urea groups is 1. The maximum atomic E-state index is 14.7. The maximum Gasteiger partial charge on any atom is 0.490 e. The number of hydrogen-bond acceptors (Lipinski definition) is 18. The Bertz CT molecular complexity index is 3510. The molecule has 108 heavy (non-hydrogen) atoms. The quantitative estimate of drug-likeness (QED) is 0.0170. The van der Waals surface area contributed by atoms with E-state index >= 15 is 0 Å². The molecule has 0 saturated carbocycles. The summed E-state index contributed by atoms with van der Waals surface area (Å²) in [4.78, 5) is 187. The van der Waals surface area contributed by atoms with Crippen molar-refractivity contribution in [2.45, 2.75) is 178 Å². The highest BCUT2D eigenvalue weighted by molar-refractivity contribution is 5.99. The number of hydrogen-bond donors (Lipinski definition) is 18. The van der Waals surface area contributed by atoms with Gasteiger partial charge in [-0.25, -0.2) is 29.0 Å². The molecule has 1 fully saturated rings. The van der Waals surface area contributed by atoms with E-state index in [0.717, 1.165) is 0 Å². The number of guanidine groups is 1. The Balaban J connectivity index is 0.00000251. The molecule has 0 bridgehead atoms. The lowest BCUT2D eigenvalue weighted by Gasteiger charge is -2.32. The fraction of sp³-hybridized carbons (Fsp3) is 0.531. The summed E-state index contributed by atoms with van der Waals surface area (Å²) in [6.07, 6.45) is -13.1. The molecule has 1 aliphatic heterocycles. The first kappa shape index (κ1) is 90.8. The van der Waals surface area contributed by atoms with Crippen LogP contribution in [-0.4, -0.2) is 228 Å². The van der Waals surface area contributed by atoms with Crippen LogP contribution >= 0.6 is 0 Å². The van der Waals surface area contributed by atoms with Gasteiger partial charge in [-0.15, -0.1) is 0 Å². The number of aromatic amines is 1. The molecule has 2 aromatic carbocycles. The Morgan fingerprint density at radius 1 is 0.657 bits per heavy atom. The van der Waals surface area contributed by atoms with E-state index in [1.54, 1.807) is 58.0 Å². The Kier molecular flexibility index (Phi) is 39.2. The highest BCUT2D eigenvalue weighted by Crippen LogP contribution is 2.22. The molecule has 602 valence electrons. The number of alkyl halides is 9. The number of nitrogens with zero attached hydrogens (tertiary/aromatic N) is 3. The summed E-state index contributed by atoms with van der Waals surface area (Å²) in [6, 6.07) is 2.70. The van der Waals surface area contributed by atoms with E-state index in [-0.39, 0.29) is 83.3 Å². The van der Waals surface area contributed by atoms with E-state index in [9.17, 15) is 108 Å². The number of phenolic OH excluding ortho intramolecular Hbond substituents is 1. The number of nitrogens with two attached hydrogens (primary N) is 2. The van der Waals surface area contributed by atoms with Gasteiger partial charge in [0.1, 0.15) is 48.0 Å². The molecule has 35 nitrogen and oxygen atoms in total. The molecule has 3 aromatic rings. The number of nitrogens with one attached hydrogen (secondary N) is 10. The lowest BCUT2D eigenvalue weighted by Crippen LogP contribution is -2.62. The Labute approximate surface area is 612 Å². The fourth-order valence-electron chi connectivity index (χ4n) is 9.24. The lowest BCUT2D eigenvalue weighted by atomic mass is 9.96. The third kappa shape index (κ3) is 37.1. The molecule has 2 heterocycles. The second-order valence-electron chi connectivity index (χ2n) is 23.8. The number of amides is 10. The molecule has 4 rings (SSSR count). The summed E-state index contributed by atoms with van der Waals surface area (Å²) in [6.45, 7) is 6.70. The van der Waals surface area contributed by atoms with Gasteiger partial charge in [-0.05, 0) is 73.6 Å². The number of benzene rings is 2. The Hall–Kier alpha value is -11.4. The van der Waals surface area contributed by atoms with Crippen molar-refractivity contribution in [1.82, 2.24) is 62.7 Å². The van der Waals surface area contributed by atoms with Crippen LogP contribution in [0, 0.1) is 11.8 Å². The van der Waals surface area contributed by atoms with Crippen molar-refractivity contribution < 1.29 is 140 Å². The third-order valence-electron chi connectivity index (χ3n) is 15.0. The van der Waals surface area contributed by atoms with Crippen LogP contribution in [0.3, 0.4) is 0 Å². The van der Waals surface area contributed by atoms with Crippen LogP contribution in [-0.2, 0) is 81.6 Å². The van der Waals surface area contributed by atoms with E-state index < -0.39 is 175 Å². The number of aliphatic imine (C=N–C) groups is 1. The molecule has 10 amide bonds. The number of likely N-dealkylation sites (tertiary alicyclic amines) is 1. The summed E-state index contributed by atoms with van der Waals surface area (Å²) in [5.74, 6) is -19.0. The predicted molar refractivity (Wildman–Crippen MR) is 359 cm³/mol. The zero-order valence-electron chi connectivity index (χ0n) is 60.3. The van der Waals surface area contributed by atoms with Crippen LogP contribution in [0.4, 0.5) is 44.3 Å². The number of carboxylic acid groups (broad SMARTS) is 5. The highest BCUT2D eigenvalue weighted by atomic mass is 19.4. The van der Waals surface area contributed by atoms with Gasteiger partial charge in [0.05, 0.1) is 18.8 Å². The first-order chi connectivity index (χ1) is 51.1. The number of carbonyl (C=O) groups excluding carboxylic acids is 9. The van der Waals surface area contributed by atoms with Crippen LogP contribution in [0.1, 0.15) is 112 Å². The smallest absolute Gasteiger partial charge is 0.490 e. The summed E-state index contributed by atoms with van der Waals surface area (Å²) in [5, 5.41) is 74.2. The SMILES string of the molecule is O=C(O)C(F)(F)F.O=C(O)C(F)(F)F.O=C(O)C(F)(F)F.[3H]CC([3H])C(=O)NCCCCNC(=O)NC(N)=NCCC[C@H](NC(=O)[C@@H](N)CC(=O)O)C(=O)N[C@H](C(=O)N[C@@H](Cc1ccc(O)cc1)C(=O)N[C@H](C(=O)N[C@@H](Cc1cnc[nH]1)C(=O)N1CCC[C@H]1C(=O)N[C@@H](Cc1ccccc1)C(=O)O)[C@@H](C)CC)C(C)C. The van der Waals surface area contributed by atoms with E-state index in [2.05, 4.69) is 62.8 Å². The van der Waals surface area contributed by atoms with Gasteiger partial charge in [0.15, 0.2) is 5.96 Å². The van der Waals surface area contributed by atoms with Crippen LogP contribution in [0.15, 0.2) is 72.1 Å². The minimum absolute atomic E-state index is 0.0191. The van der Waals surface area contributed by atoms with Gasteiger partial charge < -0.3 is 94.5 Å². The minimum atomic E-state index is -5.08. The highest BCUT2D eigenvalue weighted by Gasteiger charge is 2.43. The molecule has 1 unspecified atom stereocenters. The van der Waals surface area contributed by atoms with Crippen molar-refractivity contribution in [3.63, 3.8) is 0 Å². The van der Waals surface area contributed by atoms with Gasteiger partial charge >= 0.3 is 54.4 Å². The van der Waals surface area contributed by atoms with Gasteiger partial charge in [0, 0.05) is 66.5 Å². The normalized spacial score (nSPS) is 15.5. The van der Waals surface area contributed by atoms with Crippen LogP contribution in [0.2, 0.25) is 0 Å². The van der Waals surface area contributed by atoms with Crippen LogP contribution in [0.25, 0.3) is 0 Å². The van der Waals surface area contributed by atoms with Gasteiger partial charge in [0.25, 0.3) is 0 Å². The molecule has 0 aliphatic carbocycles. The number of aliphatic carboxylic acids is 5. The van der Waals surface area contributed by atoms with Crippen LogP contribution in [0.5, 0.6) is 5.75 Å². The second kappa shape index (κ2) is 46.6. The molecule has 10 atom stereocenters. The monoisotopic (exact) mass is 1560 g/mol. The number of carbonyl (C=O) groups is 14. The number of carboxylic acids is 5. The van der Waals surface area contributed by atoms with E-state index in [1.807, 2.05) is 0 Å². The summed E-state index contributed by atoms with van der Waals surface area (Å²) in [7, 11) is 0. The maximum absolute atomic E-state index is 14.7. The molecule has 1 aliphatic rings. The van der Waals surface area contributed by atoms with E-state index in [4.69, 9.17) is 43.9 Å². The number of aromatic nitrogens is 2. The molecule has 0 spiro atoms. The number of unbranched alkanes of at least 4 members (excludes halogenated alkanes) is 1. The number of aromatic hydroxyl groups is 1. The molecule has 1 aromatic heterocycles. The van der Waals surface area contributed by atoms with E-state index in [1.165, 1.54) is 41.7 Å². The average molecular weight is 1560 g/mol. The van der Waals surface area contributed by atoms with Crippen molar-refractivity contribution in [1.29, 1.82) is 0 Å². The molecular formula is C64H88F9N15O20. The van der Waals surface area contributed by atoms with E-state index in [0.29, 0.717) is 42.5 Å². The molecule has 44 heteroatoms. The third-order valence-corrected chi connectivity index (χ3v) is 15.0. The van der Waals surface area contributed by atoms with Crippen molar-refractivity contribution in [2.75, 3.05) is 26.2 Å². The molecule has 0 radical (unpaired) electrons. The topological polar surface area (TPSA) is 565 Å². The number of halogens is 9. The number of phenols is 1. The number of H-pyrrole nitrogens is 1. The predicted octanol–water partition coefficient (Wildman–Crippen LogP) is 1.23. The van der Waals surface area contributed by atoms with Gasteiger partial charge in [-0.1, -0.05) is 83.5 Å². The summed E-state index contributed by atoms with van der Waals surface area (Å²) in [5.41, 5.74) is 13.3. The van der Waals surface area contributed by atoms with Gasteiger partial charge in [-0.3, -0.25) is 53.5 Å². The zero-order valence-corrected chi connectivity index (χ0v) is 58.3. The molecule has 20 N–H and O–H groups in total. The standard InChI is InChI=1S/C58H85N15O14.3C2HF3O2/c1-6-34(5)48(54(83)68-42(29-37-31-61-32-65-37)55(84)73-26-14-18-44(73)52(81)69-43(56(85)86)28-35-15-9-8-10-16-35)71-51(80)41(27-36-19-21-38(74)22-20-36)67-53(82)47(33(3)4)70-50(79)40(66-49(78)39(59)30-46(76)77)17-13-25-63-57(60)72-58(87)64-24-12-11-23-62-45(75)7-2;3*3-2(4,5)1(6)7/h8-10,15-16,19-22,31-34,39-44,47-48,74H,6-7,11-14,17-18,23-30,59H2,1-5H3,(H,61,65)(H,62,75)(H,66,78)(H,67,82)(H,68,83)(H,69,81)(H,70,79)(H,71,80)(H,76,77)(H,85,86)(H4,60,63,64,72,87);3*(H,6,7)/t34-,39-,40-,41-,42-,43-,44-,47-,48-;;;/m0.../s1/i2T,7T;;;/t7?,34-,39-,40-,41-,42-,43-,44-,47-,48-;;;. The zero-order chi connectivity index (χ0) is 84.0. The van der Waals surface area contributed by atoms with Crippen molar-refractivity contribution in [3.05, 3.63) is 83.9 Å². The van der Waals surface area contributed by atoms with Gasteiger partial charge in [0.2, 0.25) is 47.3 Å². The van der Waals surface area contributed by atoms with Crippen molar-refractivity contribution in [3.8, 4) is 5.75 Å². The first-order valence-corrected chi connectivity index (χ1v) is 32.5. The van der Waals surface area contributed by atoms with Crippen molar-refractivity contribution in [2.24, 2.45) is 28.3 Å². The molecular weight excluding hydrogens is 1470 g/mol. The lowest BCUT2D eigenvalue weighted by molar-refractivity contribution is -0.193. The fourth-order valence-corrected chi connectivity index (χ4v) is 9.24. The second-order valence-corrected chi connectivity index (χ2v) is 23.8. The van der Waals surface area contributed by atoms with Crippen LogP contribution < -0.4 is 59.3 Å². The Morgan fingerprint density at radius 2 is 1.17 bits per heavy atom. The Morgan fingerprint density at radius 3 is 1.68 bits per heavy atom. The van der Waals surface area contributed by atoms with Gasteiger partial charge in [-0.2, -0.15) is 39.5 Å². The van der Waals surface area contributed by atoms with Crippen molar-refractivity contribution >= 4 is 89.1 Å². The average Bonchev–Trinajstić information content (AvgIpc) is 1.58. The first-order valence-electron chi connectivity index (χ1n) is 33.8.